The van der Waals surface area contributed by atoms with Gasteiger partial charge in [-0.25, -0.2) is 14.5 Å². The zero-order valence-corrected chi connectivity index (χ0v) is 17.7. The summed E-state index contributed by atoms with van der Waals surface area (Å²) in [4.78, 5) is 27.7. The summed E-state index contributed by atoms with van der Waals surface area (Å²) in [5, 5.41) is 11.3. The monoisotopic (exact) mass is 459 g/mol. The smallest absolute Gasteiger partial charge is 0.475 e. The van der Waals surface area contributed by atoms with Crippen molar-refractivity contribution >= 4 is 17.5 Å². The predicted molar refractivity (Wildman–Crippen MR) is 113 cm³/mol. The second-order valence-electron chi connectivity index (χ2n) is 7.18. The predicted octanol–water partition coefficient (Wildman–Crippen LogP) is 3.73. The van der Waals surface area contributed by atoms with E-state index in [1.165, 1.54) is 0 Å². The third-order valence-corrected chi connectivity index (χ3v) is 4.55. The molecule has 3 heterocycles. The Morgan fingerprint density at radius 1 is 1.12 bits per heavy atom. The van der Waals surface area contributed by atoms with Crippen molar-refractivity contribution in [3.05, 3.63) is 84.1 Å². The number of imidazole rings is 1. The second kappa shape index (κ2) is 9.55. The van der Waals surface area contributed by atoms with Gasteiger partial charge in [-0.05, 0) is 48.4 Å². The lowest BCUT2D eigenvalue weighted by atomic mass is 10.2. The summed E-state index contributed by atoms with van der Waals surface area (Å²) in [5.74, 6) is -2.85. The van der Waals surface area contributed by atoms with E-state index < -0.39 is 12.1 Å². The minimum Gasteiger partial charge on any atom is -0.475 e. The lowest BCUT2D eigenvalue weighted by Gasteiger charge is -2.16. The first-order valence-electron chi connectivity index (χ1n) is 9.64. The van der Waals surface area contributed by atoms with Crippen LogP contribution in [0.15, 0.2) is 67.3 Å². The highest BCUT2D eigenvalue weighted by Gasteiger charge is 2.38. The van der Waals surface area contributed by atoms with Crippen LogP contribution in [-0.4, -0.2) is 54.3 Å². The van der Waals surface area contributed by atoms with Crippen molar-refractivity contribution in [2.75, 3.05) is 7.05 Å². The maximum absolute atomic E-state index is 12.7. The lowest BCUT2D eigenvalue weighted by molar-refractivity contribution is -0.192. The van der Waals surface area contributed by atoms with E-state index in [4.69, 9.17) is 9.90 Å². The van der Waals surface area contributed by atoms with E-state index in [0.29, 0.717) is 12.2 Å². The number of hydrogen-bond acceptors (Lipinski definition) is 4. The van der Waals surface area contributed by atoms with Crippen molar-refractivity contribution in [1.82, 2.24) is 24.1 Å². The first-order valence-corrected chi connectivity index (χ1v) is 9.64. The van der Waals surface area contributed by atoms with E-state index >= 15 is 0 Å². The average molecular weight is 459 g/mol. The van der Waals surface area contributed by atoms with Crippen LogP contribution < -0.4 is 0 Å². The number of carboxylic acids is 1. The number of pyridine rings is 1. The molecule has 33 heavy (non-hydrogen) atoms. The molecule has 0 aliphatic heterocycles. The van der Waals surface area contributed by atoms with Gasteiger partial charge in [0.25, 0.3) is 5.91 Å². The Morgan fingerprint density at radius 3 is 2.36 bits per heavy atom. The van der Waals surface area contributed by atoms with Crippen LogP contribution in [0.2, 0.25) is 0 Å². The van der Waals surface area contributed by atoms with Crippen molar-refractivity contribution < 1.29 is 27.9 Å². The summed E-state index contributed by atoms with van der Waals surface area (Å²) in [5.41, 5.74) is 4.39. The molecule has 0 radical (unpaired) electrons. The molecule has 0 atom stereocenters. The van der Waals surface area contributed by atoms with E-state index in [1.54, 1.807) is 29.0 Å². The average Bonchev–Trinajstić information content (AvgIpc) is 3.43. The van der Waals surface area contributed by atoms with Crippen LogP contribution in [0.25, 0.3) is 11.3 Å². The first kappa shape index (κ1) is 23.5. The van der Waals surface area contributed by atoms with Crippen LogP contribution in [0.1, 0.15) is 21.6 Å². The van der Waals surface area contributed by atoms with Crippen molar-refractivity contribution in [1.29, 1.82) is 0 Å². The van der Waals surface area contributed by atoms with Crippen LogP contribution in [0.4, 0.5) is 13.2 Å². The molecule has 3 aromatic heterocycles. The first-order chi connectivity index (χ1) is 15.5. The number of nitrogens with zero attached hydrogens (tertiary/aromatic N) is 5. The molecule has 8 nitrogen and oxygen atoms in total. The van der Waals surface area contributed by atoms with Crippen molar-refractivity contribution in [2.24, 2.45) is 0 Å². The minimum absolute atomic E-state index is 0.0949. The Morgan fingerprint density at radius 2 is 1.79 bits per heavy atom. The molecule has 1 N–H and O–H groups in total. The second-order valence-corrected chi connectivity index (χ2v) is 7.18. The molecule has 1 aromatic carbocycles. The molecule has 0 saturated carbocycles. The van der Waals surface area contributed by atoms with Gasteiger partial charge in [-0.2, -0.15) is 18.3 Å². The number of aromatic nitrogens is 4. The highest BCUT2D eigenvalue weighted by Crippen LogP contribution is 2.14. The van der Waals surface area contributed by atoms with Gasteiger partial charge in [0.05, 0.1) is 5.69 Å². The number of rotatable bonds is 4. The van der Waals surface area contributed by atoms with Gasteiger partial charge in [0, 0.05) is 38.4 Å². The van der Waals surface area contributed by atoms with Crippen LogP contribution >= 0.6 is 0 Å². The minimum atomic E-state index is -5.08. The molecule has 0 unspecified atom stereocenters. The molecule has 11 heteroatoms. The largest absolute Gasteiger partial charge is 0.490 e. The van der Waals surface area contributed by atoms with Gasteiger partial charge in [0.15, 0.2) is 0 Å². The van der Waals surface area contributed by atoms with Gasteiger partial charge in [-0.1, -0.05) is 12.1 Å². The van der Waals surface area contributed by atoms with Crippen LogP contribution in [0, 0.1) is 6.92 Å². The van der Waals surface area contributed by atoms with Gasteiger partial charge in [0.1, 0.15) is 11.3 Å². The Kier molecular flexibility index (Phi) is 6.80. The zero-order valence-electron chi connectivity index (χ0n) is 17.7. The van der Waals surface area contributed by atoms with Gasteiger partial charge < -0.3 is 14.4 Å². The Bertz CT molecular complexity index is 1250. The highest BCUT2D eigenvalue weighted by atomic mass is 19.4. The van der Waals surface area contributed by atoms with Crippen LogP contribution in [0.3, 0.4) is 0 Å². The summed E-state index contributed by atoms with van der Waals surface area (Å²) in [7, 11) is 1.79. The summed E-state index contributed by atoms with van der Waals surface area (Å²) >= 11 is 0. The third-order valence-electron chi connectivity index (χ3n) is 4.55. The lowest BCUT2D eigenvalue weighted by Crippen LogP contribution is -2.26. The summed E-state index contributed by atoms with van der Waals surface area (Å²) in [6.45, 7) is 2.53. The molecule has 0 aliphatic rings. The number of hydrogen-bond donors (Lipinski definition) is 1. The maximum Gasteiger partial charge on any atom is 0.490 e. The molecule has 0 aliphatic carbocycles. The summed E-state index contributed by atoms with van der Waals surface area (Å²) in [6, 6.07) is 13.8. The molecule has 0 fully saturated rings. The van der Waals surface area contributed by atoms with E-state index in [2.05, 4.69) is 10.1 Å². The van der Waals surface area contributed by atoms with Crippen molar-refractivity contribution in [3.63, 3.8) is 0 Å². The van der Waals surface area contributed by atoms with Crippen molar-refractivity contribution in [3.8, 4) is 5.69 Å². The number of halogens is 3. The molecular weight excluding hydrogens is 439 g/mol. The van der Waals surface area contributed by atoms with Crippen LogP contribution in [-0.2, 0) is 11.3 Å². The number of benzene rings is 1. The summed E-state index contributed by atoms with van der Waals surface area (Å²) in [6.07, 6.45) is 2.25. The zero-order chi connectivity index (χ0) is 24.2. The molecule has 0 spiro atoms. The van der Waals surface area contributed by atoms with Gasteiger partial charge in [-0.15, -0.1) is 0 Å². The molecule has 1 amide bonds. The molecular formula is C22H20F3N5O3. The van der Waals surface area contributed by atoms with E-state index in [1.807, 2.05) is 66.2 Å². The van der Waals surface area contributed by atoms with Crippen LogP contribution in [0.5, 0.6) is 0 Å². The number of aryl methyl sites for hydroxylation is 1. The topological polar surface area (TPSA) is 92.7 Å². The highest BCUT2D eigenvalue weighted by molar-refractivity contribution is 5.92. The molecule has 0 saturated heterocycles. The fraction of sp³-hybridized carbons (Fsp3) is 0.182. The maximum atomic E-state index is 12.7. The van der Waals surface area contributed by atoms with E-state index in [9.17, 15) is 18.0 Å². The fourth-order valence-electron chi connectivity index (χ4n) is 2.90. The van der Waals surface area contributed by atoms with Gasteiger partial charge in [0.2, 0.25) is 0 Å². The standard InChI is InChI=1S/C20H19N5O.C2HF3O2/c1-15-8-11-24-14-18(22-19(24)12-15)20(26)23(2)13-16-4-6-17(7-5-16)25-10-3-9-21-25;3-2(4,5)1(6)7/h3-12,14H,13H2,1-2H3;(H,6,7). The number of carboxylic acid groups (broad SMARTS) is 1. The number of carbonyl (C=O) groups is 2. The van der Waals surface area contributed by atoms with E-state index in [-0.39, 0.29) is 5.91 Å². The SMILES string of the molecule is Cc1ccn2cc(C(=O)N(C)Cc3ccc(-n4cccn4)cc3)nc2c1.O=C(O)C(F)(F)F. The van der Waals surface area contributed by atoms with Gasteiger partial charge in [-0.3, -0.25) is 4.79 Å². The molecule has 4 rings (SSSR count). The molecule has 172 valence electrons. The Labute approximate surface area is 186 Å². The van der Waals surface area contributed by atoms with Crippen molar-refractivity contribution in [2.45, 2.75) is 19.6 Å². The number of aliphatic carboxylic acids is 1. The third kappa shape index (κ3) is 5.97. The summed E-state index contributed by atoms with van der Waals surface area (Å²) < 4.78 is 35.4. The number of fused-ring (bicyclic) bond motifs is 1. The number of carbonyl (C=O) groups excluding carboxylic acids is 1. The number of alkyl halides is 3. The Hall–Kier alpha value is -4.15. The Balaban J connectivity index is 0.000000383. The van der Waals surface area contributed by atoms with Gasteiger partial charge >= 0.3 is 12.1 Å². The normalized spacial score (nSPS) is 11.1. The van der Waals surface area contributed by atoms with E-state index in [0.717, 1.165) is 22.5 Å². The molecule has 0 bridgehead atoms. The quantitative estimate of drug-likeness (QED) is 0.502. The molecule has 4 aromatic rings. The fourth-order valence-corrected chi connectivity index (χ4v) is 2.90. The number of amides is 1.